The topological polar surface area (TPSA) is 157 Å². The summed E-state index contributed by atoms with van der Waals surface area (Å²) in [6.07, 6.45) is 8.75. The average molecular weight is 472 g/mol. The van der Waals surface area contributed by atoms with Crippen LogP contribution in [-0.2, 0) is 20.9 Å². The van der Waals surface area contributed by atoms with Gasteiger partial charge in [0, 0.05) is 12.1 Å². The standard InChI is InChI=1S/C25H37N5O4/c26-22(27)19-11-9-17(10-12-19)15-29-24(34)25(13-5-2-6-14-25)30-23(33)21(28-16-20(31)32)18-7-3-1-4-8-18/h9-12,18,21,28H,1-8,13-16H2,(H3,26,27)(H,29,34)(H,30,33)(H,31,32)/t21-/m1/s1. The van der Waals surface area contributed by atoms with E-state index in [2.05, 4.69) is 16.0 Å². The van der Waals surface area contributed by atoms with Crippen LogP contribution in [0, 0.1) is 11.3 Å². The molecule has 0 aromatic heterocycles. The van der Waals surface area contributed by atoms with Gasteiger partial charge in [-0.2, -0.15) is 0 Å². The maximum Gasteiger partial charge on any atom is 0.317 e. The fourth-order valence-corrected chi connectivity index (χ4v) is 5.17. The molecule has 2 saturated carbocycles. The van der Waals surface area contributed by atoms with E-state index in [0.29, 0.717) is 24.9 Å². The molecule has 0 aliphatic heterocycles. The van der Waals surface area contributed by atoms with E-state index in [1.807, 2.05) is 12.1 Å². The number of carbonyl (C=O) groups excluding carboxylic acids is 2. The molecule has 186 valence electrons. The van der Waals surface area contributed by atoms with Gasteiger partial charge >= 0.3 is 5.97 Å². The Balaban J connectivity index is 1.70. The minimum Gasteiger partial charge on any atom is -0.480 e. The first-order valence-corrected chi connectivity index (χ1v) is 12.3. The van der Waals surface area contributed by atoms with Crippen molar-refractivity contribution >= 4 is 23.6 Å². The number of aliphatic carboxylic acids is 1. The largest absolute Gasteiger partial charge is 0.480 e. The predicted molar refractivity (Wildman–Crippen MR) is 129 cm³/mol. The van der Waals surface area contributed by atoms with Crippen LogP contribution in [0.15, 0.2) is 24.3 Å². The van der Waals surface area contributed by atoms with Crippen molar-refractivity contribution in [3.63, 3.8) is 0 Å². The molecule has 3 rings (SSSR count). The third-order valence-electron chi connectivity index (χ3n) is 7.10. The molecule has 2 aliphatic rings. The zero-order chi connectivity index (χ0) is 24.6. The third-order valence-corrected chi connectivity index (χ3v) is 7.10. The number of hydrogen-bond acceptors (Lipinski definition) is 5. The molecule has 2 amide bonds. The number of amides is 2. The van der Waals surface area contributed by atoms with Gasteiger partial charge in [-0.25, -0.2) is 0 Å². The first-order chi connectivity index (χ1) is 16.3. The lowest BCUT2D eigenvalue weighted by atomic mass is 9.79. The van der Waals surface area contributed by atoms with Gasteiger partial charge in [-0.3, -0.25) is 25.1 Å². The molecule has 7 N–H and O–H groups in total. The highest BCUT2D eigenvalue weighted by molar-refractivity contribution is 5.95. The number of carbonyl (C=O) groups is 3. The second kappa shape index (κ2) is 12.0. The molecular formula is C25H37N5O4. The minimum absolute atomic E-state index is 0.0107. The van der Waals surface area contributed by atoms with Crippen molar-refractivity contribution in [1.82, 2.24) is 16.0 Å². The number of hydrogen-bond donors (Lipinski definition) is 6. The second-order valence-corrected chi connectivity index (χ2v) is 9.58. The minimum atomic E-state index is -1.01. The summed E-state index contributed by atoms with van der Waals surface area (Å²) in [6.45, 7) is 0.0159. The summed E-state index contributed by atoms with van der Waals surface area (Å²) in [5, 5.41) is 25.6. The van der Waals surface area contributed by atoms with Crippen molar-refractivity contribution in [3.8, 4) is 0 Å². The average Bonchev–Trinajstić information content (AvgIpc) is 2.84. The number of benzene rings is 1. The van der Waals surface area contributed by atoms with Gasteiger partial charge in [0.25, 0.3) is 0 Å². The van der Waals surface area contributed by atoms with Gasteiger partial charge in [0.2, 0.25) is 11.8 Å². The van der Waals surface area contributed by atoms with Crippen molar-refractivity contribution in [2.45, 2.75) is 82.3 Å². The Morgan fingerprint density at radius 3 is 2.24 bits per heavy atom. The van der Waals surface area contributed by atoms with Gasteiger partial charge in [0.15, 0.2) is 0 Å². The quantitative estimate of drug-likeness (QED) is 0.226. The fraction of sp³-hybridized carbons (Fsp3) is 0.600. The van der Waals surface area contributed by atoms with E-state index in [0.717, 1.165) is 56.9 Å². The van der Waals surface area contributed by atoms with Crippen LogP contribution in [0.2, 0.25) is 0 Å². The Morgan fingerprint density at radius 2 is 1.65 bits per heavy atom. The second-order valence-electron chi connectivity index (χ2n) is 9.58. The maximum absolute atomic E-state index is 13.4. The molecule has 2 fully saturated rings. The number of amidine groups is 1. The van der Waals surface area contributed by atoms with E-state index in [9.17, 15) is 14.4 Å². The number of nitrogens with one attached hydrogen (secondary N) is 4. The molecule has 1 atom stereocenters. The molecule has 0 saturated heterocycles. The summed E-state index contributed by atoms with van der Waals surface area (Å²) in [5.41, 5.74) is 6.00. The summed E-state index contributed by atoms with van der Waals surface area (Å²) >= 11 is 0. The van der Waals surface area contributed by atoms with Crippen LogP contribution in [0.5, 0.6) is 0 Å². The van der Waals surface area contributed by atoms with Gasteiger partial charge in [-0.1, -0.05) is 62.8 Å². The van der Waals surface area contributed by atoms with Crippen LogP contribution in [0.25, 0.3) is 0 Å². The first kappa shape index (κ1) is 25.7. The summed E-state index contributed by atoms with van der Waals surface area (Å²) < 4.78 is 0. The van der Waals surface area contributed by atoms with Crippen LogP contribution in [-0.4, -0.2) is 46.9 Å². The Bertz CT molecular complexity index is 874. The molecule has 0 heterocycles. The van der Waals surface area contributed by atoms with E-state index < -0.39 is 17.6 Å². The number of carboxylic acids is 1. The number of carboxylic acid groups (broad SMARTS) is 1. The number of nitrogen functional groups attached to an aromatic ring is 1. The normalized spacial score (nSPS) is 19.1. The van der Waals surface area contributed by atoms with Crippen molar-refractivity contribution < 1.29 is 19.5 Å². The van der Waals surface area contributed by atoms with Crippen LogP contribution in [0.1, 0.15) is 75.3 Å². The van der Waals surface area contributed by atoms with Gasteiger partial charge in [0.1, 0.15) is 11.4 Å². The van der Waals surface area contributed by atoms with Gasteiger partial charge in [-0.15, -0.1) is 0 Å². The van der Waals surface area contributed by atoms with E-state index in [1.165, 1.54) is 0 Å². The van der Waals surface area contributed by atoms with E-state index in [-0.39, 0.29) is 30.1 Å². The molecule has 0 unspecified atom stereocenters. The molecule has 9 heteroatoms. The molecular weight excluding hydrogens is 434 g/mol. The lowest BCUT2D eigenvalue weighted by Gasteiger charge is -2.39. The summed E-state index contributed by atoms with van der Waals surface area (Å²) in [5.74, 6) is -1.44. The van der Waals surface area contributed by atoms with Crippen molar-refractivity contribution in [3.05, 3.63) is 35.4 Å². The molecule has 9 nitrogen and oxygen atoms in total. The number of nitrogens with two attached hydrogens (primary N) is 1. The molecule has 2 aliphatic carbocycles. The highest BCUT2D eigenvalue weighted by atomic mass is 16.4. The molecule has 0 spiro atoms. The highest BCUT2D eigenvalue weighted by Gasteiger charge is 2.43. The lowest BCUT2D eigenvalue weighted by molar-refractivity contribution is -0.138. The summed E-state index contributed by atoms with van der Waals surface area (Å²) in [7, 11) is 0. The van der Waals surface area contributed by atoms with Gasteiger partial charge < -0.3 is 21.5 Å². The van der Waals surface area contributed by atoms with Crippen LogP contribution < -0.4 is 21.7 Å². The smallest absolute Gasteiger partial charge is 0.317 e. The Labute approximate surface area is 200 Å². The summed E-state index contributed by atoms with van der Waals surface area (Å²) in [4.78, 5) is 38.0. The molecule has 1 aromatic carbocycles. The Kier molecular flexibility index (Phi) is 9.04. The highest BCUT2D eigenvalue weighted by Crippen LogP contribution is 2.31. The van der Waals surface area contributed by atoms with E-state index in [4.69, 9.17) is 16.2 Å². The monoisotopic (exact) mass is 471 g/mol. The third kappa shape index (κ3) is 6.79. The van der Waals surface area contributed by atoms with Crippen LogP contribution in [0.3, 0.4) is 0 Å². The van der Waals surface area contributed by atoms with Crippen LogP contribution in [0.4, 0.5) is 0 Å². The molecule has 0 bridgehead atoms. The number of rotatable bonds is 10. The van der Waals surface area contributed by atoms with Crippen molar-refractivity contribution in [1.29, 1.82) is 5.41 Å². The first-order valence-electron chi connectivity index (χ1n) is 12.3. The SMILES string of the molecule is N=C(N)c1ccc(CNC(=O)C2(NC(=O)[C@H](NCC(=O)O)C3CCCCC3)CCCCC2)cc1. The summed E-state index contributed by atoms with van der Waals surface area (Å²) in [6, 6.07) is 6.49. The lowest BCUT2D eigenvalue weighted by Crippen LogP contribution is -2.63. The zero-order valence-corrected chi connectivity index (χ0v) is 19.7. The van der Waals surface area contributed by atoms with Crippen molar-refractivity contribution in [2.75, 3.05) is 6.54 Å². The Morgan fingerprint density at radius 1 is 1.03 bits per heavy atom. The van der Waals surface area contributed by atoms with Crippen LogP contribution >= 0.6 is 0 Å². The van der Waals surface area contributed by atoms with Gasteiger partial charge in [-0.05, 0) is 37.2 Å². The predicted octanol–water partition coefficient (Wildman–Crippen LogP) is 2.03. The fourth-order valence-electron chi connectivity index (χ4n) is 5.17. The Hall–Kier alpha value is -2.94. The maximum atomic E-state index is 13.4. The molecule has 1 aromatic rings. The van der Waals surface area contributed by atoms with E-state index in [1.54, 1.807) is 12.1 Å². The molecule has 34 heavy (non-hydrogen) atoms. The van der Waals surface area contributed by atoms with Crippen molar-refractivity contribution in [2.24, 2.45) is 11.7 Å². The zero-order valence-electron chi connectivity index (χ0n) is 19.7. The van der Waals surface area contributed by atoms with Gasteiger partial charge in [0.05, 0.1) is 12.6 Å². The van der Waals surface area contributed by atoms with E-state index >= 15 is 0 Å². The molecule has 0 radical (unpaired) electrons.